The molecular formula is C38H53N9O5. The van der Waals surface area contributed by atoms with Crippen molar-refractivity contribution < 1.29 is 24.3 Å². The fourth-order valence-electron chi connectivity index (χ4n) is 5.86. The number of unbranched alkanes of at least 4 members (excludes halogenated alkanes) is 1. The standard InChI is InChI=1S/C38H53N9O5/c1-23-19-28(48)20-24(2)29(23)22-33(47-35(50)30(40)11-8-18-44-38(42)43)37(52)45-31(12-6-7-17-39)36(51)46-32(34(41)49)21-25-13-15-27(16-14-25)26-9-4-3-5-10-26/h3-5,9-10,13-16,19-20,30-33,48H,6-8,11-12,17-18,21-22,39-40H2,1-2H3,(H2,41,49)(H,45,52)(H,46,51)(H,47,50)(H4,42,43,44)/t30-,31+,32+,33+/m1/s1. The second-order valence-corrected chi connectivity index (χ2v) is 13.0. The summed E-state index contributed by atoms with van der Waals surface area (Å²) >= 11 is 0. The summed E-state index contributed by atoms with van der Waals surface area (Å²) in [5.41, 5.74) is 33.3. The molecule has 0 bridgehead atoms. The minimum Gasteiger partial charge on any atom is -0.508 e. The fourth-order valence-corrected chi connectivity index (χ4v) is 5.86. The van der Waals surface area contributed by atoms with Crippen LogP contribution < -0.4 is 44.6 Å². The van der Waals surface area contributed by atoms with Gasteiger partial charge in [0.2, 0.25) is 23.6 Å². The van der Waals surface area contributed by atoms with Crippen LogP contribution in [0.4, 0.5) is 0 Å². The normalized spacial score (nSPS) is 13.2. The molecule has 3 aromatic carbocycles. The van der Waals surface area contributed by atoms with Crippen LogP contribution in [-0.2, 0) is 32.0 Å². The number of aryl methyl sites for hydroxylation is 2. The van der Waals surface area contributed by atoms with Gasteiger partial charge in [-0.2, -0.15) is 0 Å². The Balaban J connectivity index is 1.80. The molecule has 0 saturated heterocycles. The van der Waals surface area contributed by atoms with Crippen molar-refractivity contribution in [1.82, 2.24) is 16.0 Å². The van der Waals surface area contributed by atoms with Gasteiger partial charge in [0.25, 0.3) is 0 Å². The molecule has 4 amide bonds. The van der Waals surface area contributed by atoms with E-state index in [-0.39, 0.29) is 43.9 Å². The van der Waals surface area contributed by atoms with Gasteiger partial charge in [0.1, 0.15) is 23.9 Å². The summed E-state index contributed by atoms with van der Waals surface area (Å²) in [6, 6.07) is 16.3. The minimum atomic E-state index is -1.14. The summed E-state index contributed by atoms with van der Waals surface area (Å²) < 4.78 is 0. The van der Waals surface area contributed by atoms with Crippen LogP contribution in [0.3, 0.4) is 0 Å². The lowest BCUT2D eigenvalue weighted by Gasteiger charge is -2.26. The zero-order valence-corrected chi connectivity index (χ0v) is 29.9. The van der Waals surface area contributed by atoms with Crippen molar-refractivity contribution in [1.29, 1.82) is 0 Å². The molecule has 280 valence electrons. The van der Waals surface area contributed by atoms with E-state index in [0.29, 0.717) is 36.9 Å². The van der Waals surface area contributed by atoms with E-state index >= 15 is 0 Å². The van der Waals surface area contributed by atoms with Crippen LogP contribution in [0.2, 0.25) is 0 Å². The van der Waals surface area contributed by atoms with Gasteiger partial charge in [-0.15, -0.1) is 0 Å². The van der Waals surface area contributed by atoms with Crippen molar-refractivity contribution in [2.75, 3.05) is 13.1 Å². The number of phenols is 1. The van der Waals surface area contributed by atoms with E-state index in [1.807, 2.05) is 54.6 Å². The van der Waals surface area contributed by atoms with Crippen LogP contribution in [0.15, 0.2) is 71.7 Å². The quantitative estimate of drug-likeness (QED) is 0.0457. The van der Waals surface area contributed by atoms with Crippen molar-refractivity contribution in [2.24, 2.45) is 33.7 Å². The zero-order valence-electron chi connectivity index (χ0n) is 29.9. The molecule has 3 rings (SSSR count). The number of nitrogens with zero attached hydrogens (tertiary/aromatic N) is 1. The maximum atomic E-state index is 14.0. The van der Waals surface area contributed by atoms with Gasteiger partial charge >= 0.3 is 0 Å². The number of carbonyl (C=O) groups is 4. The van der Waals surface area contributed by atoms with Crippen LogP contribution in [0.1, 0.15) is 54.4 Å². The van der Waals surface area contributed by atoms with Crippen molar-refractivity contribution in [2.45, 2.75) is 83.0 Å². The number of aromatic hydroxyl groups is 1. The summed E-state index contributed by atoms with van der Waals surface area (Å²) in [6.07, 6.45) is 2.19. The predicted octanol–water partition coefficient (Wildman–Crippen LogP) is 0.911. The highest BCUT2D eigenvalue weighted by Crippen LogP contribution is 2.23. The van der Waals surface area contributed by atoms with Gasteiger partial charge in [0.15, 0.2) is 5.96 Å². The lowest BCUT2D eigenvalue weighted by atomic mass is 9.95. The average molecular weight is 716 g/mol. The van der Waals surface area contributed by atoms with E-state index in [2.05, 4.69) is 20.9 Å². The number of benzene rings is 3. The molecular weight excluding hydrogens is 662 g/mol. The third kappa shape index (κ3) is 13.0. The number of guanidine groups is 1. The third-order valence-corrected chi connectivity index (χ3v) is 8.77. The number of carbonyl (C=O) groups excluding carboxylic acids is 4. The van der Waals surface area contributed by atoms with Crippen LogP contribution >= 0.6 is 0 Å². The average Bonchev–Trinajstić information content (AvgIpc) is 3.10. The van der Waals surface area contributed by atoms with Crippen LogP contribution in [0.25, 0.3) is 11.1 Å². The number of rotatable bonds is 20. The summed E-state index contributed by atoms with van der Waals surface area (Å²) in [4.78, 5) is 57.4. The molecule has 0 aliphatic rings. The Hall–Kier alpha value is -5.47. The first-order valence-electron chi connectivity index (χ1n) is 17.4. The molecule has 0 fully saturated rings. The summed E-state index contributed by atoms with van der Waals surface area (Å²) in [5, 5.41) is 18.4. The highest BCUT2D eigenvalue weighted by Gasteiger charge is 2.31. The van der Waals surface area contributed by atoms with E-state index in [0.717, 1.165) is 22.3 Å². The number of phenolic OH excluding ortho intramolecular Hbond substituents is 1. The molecule has 3 aromatic rings. The zero-order chi connectivity index (χ0) is 38.2. The lowest BCUT2D eigenvalue weighted by Crippen LogP contribution is -2.58. The Kier molecular flexibility index (Phi) is 16.1. The number of primary amides is 1. The Labute approximate surface area is 305 Å². The van der Waals surface area contributed by atoms with Gasteiger partial charge in [-0.1, -0.05) is 54.6 Å². The second kappa shape index (κ2) is 20.4. The Morgan fingerprint density at radius 3 is 1.88 bits per heavy atom. The summed E-state index contributed by atoms with van der Waals surface area (Å²) in [5.74, 6) is -2.54. The molecule has 0 unspecified atom stereocenters. The first-order chi connectivity index (χ1) is 24.8. The molecule has 14 nitrogen and oxygen atoms in total. The SMILES string of the molecule is Cc1cc(O)cc(C)c1C[C@H](NC(=O)[C@H](N)CCCN=C(N)N)C(=O)N[C@@H](CCCCN)C(=O)N[C@@H](Cc1ccc(-c2ccccc2)cc1)C(N)=O. The largest absolute Gasteiger partial charge is 0.508 e. The second-order valence-electron chi connectivity index (χ2n) is 13.0. The number of nitrogens with two attached hydrogens (primary N) is 5. The molecule has 0 spiro atoms. The maximum Gasteiger partial charge on any atom is 0.243 e. The fraction of sp³-hybridized carbons (Fsp3) is 0.395. The van der Waals surface area contributed by atoms with Crippen molar-refractivity contribution in [3.63, 3.8) is 0 Å². The topological polar surface area (TPSA) is 267 Å². The molecule has 0 aromatic heterocycles. The molecule has 52 heavy (non-hydrogen) atoms. The smallest absolute Gasteiger partial charge is 0.243 e. The van der Waals surface area contributed by atoms with Crippen molar-refractivity contribution in [3.05, 3.63) is 89.0 Å². The molecule has 0 saturated carbocycles. The van der Waals surface area contributed by atoms with Crippen LogP contribution in [0, 0.1) is 13.8 Å². The van der Waals surface area contributed by atoms with E-state index < -0.39 is 47.8 Å². The first-order valence-corrected chi connectivity index (χ1v) is 17.4. The molecule has 4 atom stereocenters. The van der Waals surface area contributed by atoms with Gasteiger partial charge in [-0.3, -0.25) is 24.2 Å². The number of hydrogen-bond donors (Lipinski definition) is 9. The highest BCUT2D eigenvalue weighted by molar-refractivity contribution is 5.94. The Bertz CT molecular complexity index is 1650. The Morgan fingerprint density at radius 2 is 1.29 bits per heavy atom. The Morgan fingerprint density at radius 1 is 0.712 bits per heavy atom. The van der Waals surface area contributed by atoms with E-state index in [4.69, 9.17) is 28.7 Å². The number of amides is 4. The highest BCUT2D eigenvalue weighted by atomic mass is 16.3. The number of nitrogens with one attached hydrogen (secondary N) is 3. The molecule has 14 N–H and O–H groups in total. The van der Waals surface area contributed by atoms with Gasteiger partial charge < -0.3 is 49.7 Å². The van der Waals surface area contributed by atoms with Crippen LogP contribution in [0.5, 0.6) is 5.75 Å². The van der Waals surface area contributed by atoms with Gasteiger partial charge in [0, 0.05) is 19.4 Å². The number of aliphatic imine (C=N–C) groups is 1. The van der Waals surface area contributed by atoms with E-state index in [1.165, 1.54) is 0 Å². The molecule has 0 aliphatic heterocycles. The third-order valence-electron chi connectivity index (χ3n) is 8.77. The minimum absolute atomic E-state index is 0.0519. The molecule has 0 heterocycles. The predicted molar refractivity (Wildman–Crippen MR) is 203 cm³/mol. The lowest BCUT2D eigenvalue weighted by molar-refractivity contribution is -0.133. The monoisotopic (exact) mass is 715 g/mol. The van der Waals surface area contributed by atoms with Crippen LogP contribution in [-0.4, -0.2) is 72.0 Å². The maximum absolute atomic E-state index is 14.0. The first kappa shape index (κ1) is 41.0. The van der Waals surface area contributed by atoms with Gasteiger partial charge in [0.05, 0.1) is 6.04 Å². The van der Waals surface area contributed by atoms with Gasteiger partial charge in [-0.05, 0) is 98.0 Å². The van der Waals surface area contributed by atoms with E-state index in [9.17, 15) is 24.3 Å². The summed E-state index contributed by atoms with van der Waals surface area (Å²) in [7, 11) is 0. The van der Waals surface area contributed by atoms with Gasteiger partial charge in [-0.25, -0.2) is 0 Å². The number of hydrogen-bond acceptors (Lipinski definition) is 8. The van der Waals surface area contributed by atoms with Crippen molar-refractivity contribution in [3.8, 4) is 16.9 Å². The molecule has 0 radical (unpaired) electrons. The summed E-state index contributed by atoms with van der Waals surface area (Å²) in [6.45, 7) is 4.24. The van der Waals surface area contributed by atoms with Crippen molar-refractivity contribution >= 4 is 29.6 Å². The molecule has 0 aliphatic carbocycles. The van der Waals surface area contributed by atoms with E-state index in [1.54, 1.807) is 26.0 Å². The molecule has 14 heteroatoms.